The molecular formula is C21H19N. The molecule has 1 unspecified atom stereocenters. The third-order valence-electron chi connectivity index (χ3n) is 4.06. The van der Waals surface area contributed by atoms with E-state index in [-0.39, 0.29) is 6.04 Å². The molecule has 0 spiro atoms. The Morgan fingerprint density at radius 2 is 1.68 bits per heavy atom. The van der Waals surface area contributed by atoms with Crippen LogP contribution in [0.1, 0.15) is 29.7 Å². The van der Waals surface area contributed by atoms with Crippen LogP contribution in [-0.4, -0.2) is 0 Å². The summed E-state index contributed by atoms with van der Waals surface area (Å²) in [5.41, 5.74) is 3.44. The van der Waals surface area contributed by atoms with E-state index in [1.54, 1.807) is 0 Å². The average Bonchev–Trinajstić information content (AvgIpc) is 2.59. The van der Waals surface area contributed by atoms with Crippen LogP contribution in [0.4, 0.5) is 0 Å². The topological polar surface area (TPSA) is 12.0 Å². The molecule has 0 aliphatic carbocycles. The Morgan fingerprint density at radius 3 is 2.55 bits per heavy atom. The third-order valence-corrected chi connectivity index (χ3v) is 4.06. The predicted molar refractivity (Wildman–Crippen MR) is 93.6 cm³/mol. The van der Waals surface area contributed by atoms with Crippen molar-refractivity contribution < 1.29 is 0 Å². The summed E-state index contributed by atoms with van der Waals surface area (Å²) in [6.45, 7) is 2.96. The zero-order chi connectivity index (χ0) is 15.4. The predicted octanol–water partition coefficient (Wildman–Crippen LogP) is 4.67. The zero-order valence-electron chi connectivity index (χ0n) is 12.7. The van der Waals surface area contributed by atoms with Gasteiger partial charge in [0.05, 0.1) is 0 Å². The van der Waals surface area contributed by atoms with Crippen molar-refractivity contribution in [1.82, 2.24) is 5.32 Å². The van der Waals surface area contributed by atoms with Crippen molar-refractivity contribution in [3.63, 3.8) is 0 Å². The fourth-order valence-electron chi connectivity index (χ4n) is 2.82. The molecule has 0 saturated heterocycles. The maximum absolute atomic E-state index is 5.56. The summed E-state index contributed by atoms with van der Waals surface area (Å²) < 4.78 is 0. The van der Waals surface area contributed by atoms with Gasteiger partial charge in [-0.3, -0.25) is 0 Å². The maximum atomic E-state index is 5.56. The highest BCUT2D eigenvalue weighted by Gasteiger charge is 2.09. The molecule has 0 aliphatic heterocycles. The lowest BCUT2D eigenvalue weighted by Gasteiger charge is -2.17. The largest absolute Gasteiger partial charge is 0.306 e. The SMILES string of the molecule is C#Cc1ccccc1CNC(C)c1cccc2ccccc12. The van der Waals surface area contributed by atoms with Gasteiger partial charge in [-0.15, -0.1) is 6.42 Å². The van der Waals surface area contributed by atoms with Gasteiger partial charge in [0.1, 0.15) is 0 Å². The number of terminal acetylenes is 1. The van der Waals surface area contributed by atoms with Gasteiger partial charge in [0.2, 0.25) is 0 Å². The van der Waals surface area contributed by atoms with Crippen molar-refractivity contribution in [3.8, 4) is 12.3 Å². The lowest BCUT2D eigenvalue weighted by Crippen LogP contribution is -2.19. The van der Waals surface area contributed by atoms with Crippen LogP contribution >= 0.6 is 0 Å². The van der Waals surface area contributed by atoms with E-state index in [0.717, 1.165) is 17.7 Å². The number of rotatable bonds is 4. The van der Waals surface area contributed by atoms with E-state index in [9.17, 15) is 0 Å². The first kappa shape index (κ1) is 14.4. The molecule has 1 heteroatoms. The number of fused-ring (bicyclic) bond motifs is 1. The molecule has 1 nitrogen and oxygen atoms in total. The van der Waals surface area contributed by atoms with Gasteiger partial charge in [-0.1, -0.05) is 66.6 Å². The molecule has 0 aromatic heterocycles. The van der Waals surface area contributed by atoms with Crippen LogP contribution in [0.3, 0.4) is 0 Å². The highest BCUT2D eigenvalue weighted by molar-refractivity contribution is 5.86. The molecule has 0 amide bonds. The summed E-state index contributed by atoms with van der Waals surface area (Å²) in [5.74, 6) is 2.75. The Bertz CT molecular complexity index is 821. The molecule has 1 atom stereocenters. The standard InChI is InChI=1S/C21H19N/c1-3-17-9-4-5-11-19(17)15-22-16(2)20-14-8-12-18-10-6-7-13-21(18)20/h1,4-14,16,22H,15H2,2H3. The molecule has 1 N–H and O–H groups in total. The van der Waals surface area contributed by atoms with E-state index in [4.69, 9.17) is 6.42 Å². The fourth-order valence-corrected chi connectivity index (χ4v) is 2.82. The monoisotopic (exact) mass is 285 g/mol. The van der Waals surface area contributed by atoms with Crippen LogP contribution in [0.2, 0.25) is 0 Å². The first-order chi connectivity index (χ1) is 10.8. The number of hydrogen-bond acceptors (Lipinski definition) is 1. The van der Waals surface area contributed by atoms with Gasteiger partial charge in [0, 0.05) is 18.2 Å². The van der Waals surface area contributed by atoms with E-state index in [0.29, 0.717) is 0 Å². The van der Waals surface area contributed by atoms with Gasteiger partial charge in [0.15, 0.2) is 0 Å². The molecule has 0 radical (unpaired) electrons. The van der Waals surface area contributed by atoms with E-state index in [1.807, 2.05) is 18.2 Å². The Balaban J connectivity index is 1.82. The van der Waals surface area contributed by atoms with Crippen LogP contribution < -0.4 is 5.32 Å². The molecular weight excluding hydrogens is 266 g/mol. The molecule has 0 fully saturated rings. The Hall–Kier alpha value is -2.56. The van der Waals surface area contributed by atoms with Crippen LogP contribution in [0.5, 0.6) is 0 Å². The van der Waals surface area contributed by atoms with Crippen molar-refractivity contribution in [2.75, 3.05) is 0 Å². The van der Waals surface area contributed by atoms with Gasteiger partial charge < -0.3 is 5.32 Å². The maximum Gasteiger partial charge on any atom is 0.0301 e. The van der Waals surface area contributed by atoms with Crippen molar-refractivity contribution in [2.45, 2.75) is 19.5 Å². The quantitative estimate of drug-likeness (QED) is 0.687. The van der Waals surface area contributed by atoms with Gasteiger partial charge in [0.25, 0.3) is 0 Å². The minimum absolute atomic E-state index is 0.261. The summed E-state index contributed by atoms with van der Waals surface area (Å²) >= 11 is 0. The molecule has 22 heavy (non-hydrogen) atoms. The highest BCUT2D eigenvalue weighted by atomic mass is 14.9. The number of hydrogen-bond donors (Lipinski definition) is 1. The second-order valence-electron chi connectivity index (χ2n) is 5.47. The smallest absolute Gasteiger partial charge is 0.0301 e. The minimum atomic E-state index is 0.261. The molecule has 0 aliphatic rings. The van der Waals surface area contributed by atoms with Crippen LogP contribution in [-0.2, 0) is 6.54 Å². The van der Waals surface area contributed by atoms with Crippen LogP contribution in [0, 0.1) is 12.3 Å². The molecule has 3 rings (SSSR count). The second-order valence-corrected chi connectivity index (χ2v) is 5.47. The molecule has 3 aromatic carbocycles. The zero-order valence-corrected chi connectivity index (χ0v) is 12.7. The molecule has 0 saturated carbocycles. The Labute approximate surface area is 132 Å². The first-order valence-corrected chi connectivity index (χ1v) is 7.55. The summed E-state index contributed by atoms with van der Waals surface area (Å²) in [6, 6.07) is 23.3. The van der Waals surface area contributed by atoms with Crippen molar-refractivity contribution in [1.29, 1.82) is 0 Å². The van der Waals surface area contributed by atoms with E-state index < -0.39 is 0 Å². The van der Waals surface area contributed by atoms with E-state index >= 15 is 0 Å². The lowest BCUT2D eigenvalue weighted by atomic mass is 9.99. The summed E-state index contributed by atoms with van der Waals surface area (Å²) in [4.78, 5) is 0. The first-order valence-electron chi connectivity index (χ1n) is 7.55. The summed E-state index contributed by atoms with van der Waals surface area (Å²) in [7, 11) is 0. The minimum Gasteiger partial charge on any atom is -0.306 e. The van der Waals surface area contributed by atoms with E-state index in [2.05, 4.69) is 66.7 Å². The van der Waals surface area contributed by atoms with Gasteiger partial charge >= 0.3 is 0 Å². The van der Waals surface area contributed by atoms with Crippen molar-refractivity contribution in [3.05, 3.63) is 83.4 Å². The van der Waals surface area contributed by atoms with Gasteiger partial charge in [-0.05, 0) is 34.9 Å². The van der Waals surface area contributed by atoms with Gasteiger partial charge in [-0.2, -0.15) is 0 Å². The van der Waals surface area contributed by atoms with Crippen molar-refractivity contribution in [2.24, 2.45) is 0 Å². The van der Waals surface area contributed by atoms with E-state index in [1.165, 1.54) is 16.3 Å². The molecule has 3 aromatic rings. The second kappa shape index (κ2) is 6.47. The average molecular weight is 285 g/mol. The molecule has 108 valence electrons. The van der Waals surface area contributed by atoms with Crippen LogP contribution in [0.15, 0.2) is 66.7 Å². The fraction of sp³-hybridized carbons (Fsp3) is 0.143. The normalized spacial score (nSPS) is 12.0. The number of nitrogens with one attached hydrogen (secondary N) is 1. The molecule has 0 bridgehead atoms. The third kappa shape index (κ3) is 2.88. The van der Waals surface area contributed by atoms with Crippen LogP contribution in [0.25, 0.3) is 10.8 Å². The van der Waals surface area contributed by atoms with Crippen molar-refractivity contribution >= 4 is 10.8 Å². The summed E-state index contributed by atoms with van der Waals surface area (Å²) in [6.07, 6.45) is 5.56. The highest BCUT2D eigenvalue weighted by Crippen LogP contribution is 2.24. The summed E-state index contributed by atoms with van der Waals surface area (Å²) in [5, 5.41) is 6.16. The van der Waals surface area contributed by atoms with Gasteiger partial charge in [-0.25, -0.2) is 0 Å². The molecule has 0 heterocycles. The lowest BCUT2D eigenvalue weighted by molar-refractivity contribution is 0.577. The number of benzene rings is 3. The Kier molecular flexibility index (Phi) is 4.23. The Morgan fingerprint density at radius 1 is 0.955 bits per heavy atom.